The van der Waals surface area contributed by atoms with Crippen LogP contribution in [0.1, 0.15) is 23.8 Å². The van der Waals surface area contributed by atoms with Gasteiger partial charge in [0.15, 0.2) is 0 Å². The van der Waals surface area contributed by atoms with Crippen LogP contribution in [0.5, 0.6) is 5.75 Å². The number of nitrogens with one attached hydrogen (secondary N) is 1. The van der Waals surface area contributed by atoms with Gasteiger partial charge in [-0.3, -0.25) is 0 Å². The number of fused-ring (bicyclic) bond motifs is 2. The van der Waals surface area contributed by atoms with E-state index >= 15 is 0 Å². The summed E-state index contributed by atoms with van der Waals surface area (Å²) in [5.41, 5.74) is 3.52. The van der Waals surface area contributed by atoms with Crippen LogP contribution >= 0.6 is 0 Å². The normalized spacial score (nSPS) is 16.8. The second kappa shape index (κ2) is 5.16. The Hall–Kier alpha value is -3.22. The van der Waals surface area contributed by atoms with E-state index in [0.717, 1.165) is 34.3 Å². The summed E-state index contributed by atoms with van der Waals surface area (Å²) in [5.74, 6) is 2.12. The maximum Gasteiger partial charge on any atom is 0.234 e. The van der Waals surface area contributed by atoms with Gasteiger partial charge in [-0.05, 0) is 30.7 Å². The van der Waals surface area contributed by atoms with Gasteiger partial charge in [-0.1, -0.05) is 23.4 Å². The van der Waals surface area contributed by atoms with Gasteiger partial charge in [-0.25, -0.2) is 0 Å². The first-order valence-corrected chi connectivity index (χ1v) is 7.75. The quantitative estimate of drug-likeness (QED) is 0.611. The van der Waals surface area contributed by atoms with Crippen LogP contribution in [-0.4, -0.2) is 32.2 Å². The van der Waals surface area contributed by atoms with Crippen molar-refractivity contribution >= 4 is 11.0 Å². The summed E-state index contributed by atoms with van der Waals surface area (Å²) in [6, 6.07) is 13.7. The molecule has 0 bridgehead atoms. The molecule has 4 aromatic rings. The van der Waals surface area contributed by atoms with Gasteiger partial charge < -0.3 is 9.26 Å². The lowest BCUT2D eigenvalue weighted by Crippen LogP contribution is -2.15. The molecule has 2 aromatic heterocycles. The molecule has 7 nitrogen and oxygen atoms in total. The van der Waals surface area contributed by atoms with Gasteiger partial charge in [0, 0.05) is 11.1 Å². The van der Waals surface area contributed by atoms with E-state index in [9.17, 15) is 0 Å². The molecule has 0 fully saturated rings. The smallest absolute Gasteiger partial charge is 0.234 e. The molecule has 0 saturated carbocycles. The number of nitrogens with zero attached hydrogens (tertiary/aromatic N) is 4. The van der Waals surface area contributed by atoms with E-state index < -0.39 is 0 Å². The zero-order valence-corrected chi connectivity index (χ0v) is 12.6. The van der Waals surface area contributed by atoms with Crippen molar-refractivity contribution in [1.29, 1.82) is 0 Å². The van der Waals surface area contributed by atoms with E-state index in [1.54, 1.807) is 0 Å². The summed E-state index contributed by atoms with van der Waals surface area (Å²) in [4.78, 5) is 4.60. The summed E-state index contributed by atoms with van der Waals surface area (Å²) in [6.45, 7) is 0.643. The minimum absolute atomic E-state index is 0.0620. The second-order valence-electron chi connectivity index (χ2n) is 5.71. The Balaban J connectivity index is 1.53. The molecule has 1 aliphatic heterocycles. The van der Waals surface area contributed by atoms with Crippen molar-refractivity contribution < 1.29 is 9.26 Å². The maximum absolute atomic E-state index is 5.70. The van der Waals surface area contributed by atoms with Crippen LogP contribution in [-0.2, 0) is 0 Å². The van der Waals surface area contributed by atoms with E-state index in [0.29, 0.717) is 18.3 Å². The molecule has 24 heavy (non-hydrogen) atoms. The molecular formula is C17H13N5O2. The van der Waals surface area contributed by atoms with Crippen molar-refractivity contribution in [3.63, 3.8) is 0 Å². The van der Waals surface area contributed by atoms with Gasteiger partial charge in [-0.2, -0.15) is 20.4 Å². The Bertz CT molecular complexity index is 1020. The fourth-order valence-electron chi connectivity index (χ4n) is 3.07. The average molecular weight is 319 g/mol. The molecule has 3 heterocycles. The van der Waals surface area contributed by atoms with Crippen LogP contribution in [0.4, 0.5) is 0 Å². The first-order chi connectivity index (χ1) is 11.9. The van der Waals surface area contributed by atoms with E-state index in [1.165, 1.54) is 0 Å². The lowest BCUT2D eigenvalue weighted by Gasteiger charge is -2.22. The molecule has 2 aromatic carbocycles. The van der Waals surface area contributed by atoms with E-state index in [-0.39, 0.29) is 5.92 Å². The van der Waals surface area contributed by atoms with Gasteiger partial charge in [-0.15, -0.1) is 0 Å². The second-order valence-corrected chi connectivity index (χ2v) is 5.71. The molecule has 1 aliphatic rings. The molecule has 1 atom stereocenters. The van der Waals surface area contributed by atoms with Crippen molar-refractivity contribution in [2.45, 2.75) is 12.3 Å². The molecule has 0 aliphatic carbocycles. The predicted octanol–water partition coefficient (Wildman–Crippen LogP) is 2.92. The summed E-state index contributed by atoms with van der Waals surface area (Å²) < 4.78 is 11.2. The third kappa shape index (κ3) is 2.05. The van der Waals surface area contributed by atoms with Crippen molar-refractivity contribution in [3.05, 3.63) is 53.9 Å². The highest BCUT2D eigenvalue weighted by molar-refractivity contribution is 5.79. The Morgan fingerprint density at radius 3 is 2.96 bits per heavy atom. The topological polar surface area (TPSA) is 89.7 Å². The molecule has 7 heteroatoms. The lowest BCUT2D eigenvalue weighted by atomic mass is 9.93. The lowest BCUT2D eigenvalue weighted by molar-refractivity contribution is 0.257. The molecule has 5 rings (SSSR count). The van der Waals surface area contributed by atoms with Gasteiger partial charge >= 0.3 is 0 Å². The summed E-state index contributed by atoms with van der Waals surface area (Å²) in [6.07, 6.45) is 0.820. The first kappa shape index (κ1) is 13.2. The van der Waals surface area contributed by atoms with E-state index in [1.807, 2.05) is 42.5 Å². The minimum atomic E-state index is 0.0620. The van der Waals surface area contributed by atoms with Gasteiger partial charge in [0.05, 0.1) is 12.5 Å². The van der Waals surface area contributed by atoms with Crippen LogP contribution in [0.25, 0.3) is 22.4 Å². The maximum atomic E-state index is 5.70. The Kier molecular flexibility index (Phi) is 2.84. The van der Waals surface area contributed by atoms with Crippen LogP contribution in [0.2, 0.25) is 0 Å². The summed E-state index contributed by atoms with van der Waals surface area (Å²) in [5, 5.41) is 14.9. The number of rotatable bonds is 2. The van der Waals surface area contributed by atoms with Crippen LogP contribution in [0, 0.1) is 0 Å². The van der Waals surface area contributed by atoms with Crippen molar-refractivity contribution in [3.8, 4) is 17.1 Å². The predicted molar refractivity (Wildman–Crippen MR) is 85.6 cm³/mol. The largest absolute Gasteiger partial charge is 0.493 e. The highest BCUT2D eigenvalue weighted by Crippen LogP contribution is 2.37. The standard InChI is InChI=1S/C17H13N5O2/c1-2-4-15-11(3-1)12(7-8-23-15)17-18-16(21-24-17)10-5-6-13-14(9-10)20-22-19-13/h1-6,9,12H,7-8H2,(H,19,20,22). The highest BCUT2D eigenvalue weighted by atomic mass is 16.5. The number of ether oxygens (including phenoxy) is 1. The molecule has 0 saturated heterocycles. The van der Waals surface area contributed by atoms with Gasteiger partial charge in [0.25, 0.3) is 0 Å². The Morgan fingerprint density at radius 2 is 1.96 bits per heavy atom. The first-order valence-electron chi connectivity index (χ1n) is 7.75. The van der Waals surface area contributed by atoms with Crippen molar-refractivity contribution in [1.82, 2.24) is 25.6 Å². The summed E-state index contributed by atoms with van der Waals surface area (Å²) in [7, 11) is 0. The SMILES string of the molecule is c1ccc2c(c1)OCCC2c1nc(-c2ccc3n[nH]nc3c2)no1. The molecule has 1 N–H and O–H groups in total. The third-order valence-electron chi connectivity index (χ3n) is 4.27. The van der Waals surface area contributed by atoms with Crippen LogP contribution in [0.3, 0.4) is 0 Å². The van der Waals surface area contributed by atoms with E-state index in [4.69, 9.17) is 9.26 Å². The number of hydrogen-bond acceptors (Lipinski definition) is 6. The Labute approximate surface area is 136 Å². The van der Waals surface area contributed by atoms with Crippen LogP contribution in [0.15, 0.2) is 47.0 Å². The average Bonchev–Trinajstić information content (AvgIpc) is 3.30. The number of hydrogen-bond donors (Lipinski definition) is 1. The zero-order chi connectivity index (χ0) is 15.9. The summed E-state index contributed by atoms with van der Waals surface area (Å²) >= 11 is 0. The minimum Gasteiger partial charge on any atom is -0.493 e. The molecule has 0 radical (unpaired) electrons. The van der Waals surface area contributed by atoms with Gasteiger partial charge in [0.1, 0.15) is 16.8 Å². The molecule has 0 amide bonds. The molecule has 0 spiro atoms. The van der Waals surface area contributed by atoms with E-state index in [2.05, 4.69) is 25.6 Å². The molecule has 1 unspecified atom stereocenters. The number of aromatic amines is 1. The number of benzene rings is 2. The zero-order valence-electron chi connectivity index (χ0n) is 12.6. The number of aromatic nitrogens is 5. The monoisotopic (exact) mass is 319 g/mol. The highest BCUT2D eigenvalue weighted by Gasteiger charge is 2.27. The fourth-order valence-corrected chi connectivity index (χ4v) is 3.07. The number of H-pyrrole nitrogens is 1. The Morgan fingerprint density at radius 1 is 1.04 bits per heavy atom. The van der Waals surface area contributed by atoms with Gasteiger partial charge in [0.2, 0.25) is 11.7 Å². The van der Waals surface area contributed by atoms with Crippen molar-refractivity contribution in [2.24, 2.45) is 0 Å². The van der Waals surface area contributed by atoms with Crippen molar-refractivity contribution in [2.75, 3.05) is 6.61 Å². The number of para-hydroxylation sites is 1. The fraction of sp³-hybridized carbons (Fsp3) is 0.176. The molecular weight excluding hydrogens is 306 g/mol. The molecule has 118 valence electrons. The van der Waals surface area contributed by atoms with Crippen LogP contribution < -0.4 is 4.74 Å². The third-order valence-corrected chi connectivity index (χ3v) is 4.27.